The lowest BCUT2D eigenvalue weighted by Gasteiger charge is -2.35. The molecule has 224 valence electrons. The van der Waals surface area contributed by atoms with Gasteiger partial charge in [-0.25, -0.2) is 13.4 Å². The number of anilines is 1. The first-order valence-electron chi connectivity index (χ1n) is 12.7. The predicted molar refractivity (Wildman–Crippen MR) is 145 cm³/mol. The van der Waals surface area contributed by atoms with Crippen LogP contribution in [-0.2, 0) is 16.4 Å². The number of sulfone groups is 1. The van der Waals surface area contributed by atoms with Crippen molar-refractivity contribution in [1.29, 1.82) is 0 Å². The van der Waals surface area contributed by atoms with Crippen molar-refractivity contribution in [2.75, 3.05) is 25.2 Å². The minimum Gasteiger partial charge on any atom is -0.496 e. The second-order valence-electron chi connectivity index (χ2n) is 10.8. The molecule has 2 aromatic rings. The number of aliphatic hydroxyl groups is 1. The summed E-state index contributed by atoms with van der Waals surface area (Å²) < 4.78 is 69.4. The van der Waals surface area contributed by atoms with Gasteiger partial charge in [-0.2, -0.15) is 18.3 Å². The van der Waals surface area contributed by atoms with Crippen molar-refractivity contribution in [3.63, 3.8) is 0 Å². The second-order valence-corrected chi connectivity index (χ2v) is 13.5. The van der Waals surface area contributed by atoms with E-state index in [1.807, 2.05) is 0 Å². The summed E-state index contributed by atoms with van der Waals surface area (Å²) in [7, 11) is -1.82. The quantitative estimate of drug-likeness (QED) is 0.364. The Labute approximate surface area is 236 Å². The van der Waals surface area contributed by atoms with Crippen LogP contribution in [0, 0.1) is 0 Å². The molecule has 40 heavy (non-hydrogen) atoms. The molecule has 0 bridgehead atoms. The van der Waals surface area contributed by atoms with Crippen molar-refractivity contribution < 1.29 is 36.2 Å². The Hall–Kier alpha value is -2.58. The topological polar surface area (TPSA) is 135 Å². The van der Waals surface area contributed by atoms with Gasteiger partial charge in [0.1, 0.15) is 21.4 Å². The van der Waals surface area contributed by atoms with Gasteiger partial charge in [0.05, 0.1) is 40.7 Å². The van der Waals surface area contributed by atoms with Gasteiger partial charge in [0.15, 0.2) is 5.69 Å². The molecule has 3 N–H and O–H groups in total. The number of carbonyl (C=O) groups excluding carboxylic acids is 1. The largest absolute Gasteiger partial charge is 0.496 e. The molecule has 1 aliphatic carbocycles. The number of alkyl halides is 3. The van der Waals surface area contributed by atoms with Crippen molar-refractivity contribution >= 4 is 33.2 Å². The molecule has 1 aliphatic rings. The summed E-state index contributed by atoms with van der Waals surface area (Å²) in [5.74, 6) is -0.220. The lowest BCUT2D eigenvalue weighted by molar-refractivity contribution is -0.142. The summed E-state index contributed by atoms with van der Waals surface area (Å²) >= 11 is 6.61. The van der Waals surface area contributed by atoms with Crippen LogP contribution in [0.1, 0.15) is 63.4 Å². The highest BCUT2D eigenvalue weighted by Gasteiger charge is 2.38. The molecule has 1 saturated carbocycles. The lowest BCUT2D eigenvalue weighted by Crippen LogP contribution is -2.47. The van der Waals surface area contributed by atoms with Crippen LogP contribution in [0.2, 0.25) is 5.02 Å². The van der Waals surface area contributed by atoms with Gasteiger partial charge >= 0.3 is 6.18 Å². The summed E-state index contributed by atoms with van der Waals surface area (Å²) in [6, 6.07) is 1.44. The maximum Gasteiger partial charge on any atom is 0.391 e. The molecule has 0 atom stereocenters. The number of nitrogens with zero attached hydrogens (tertiary/aromatic N) is 3. The number of methoxy groups -OCH3 is 1. The number of nitrogens with one attached hydrogen (secondary N) is 2. The maximum atomic E-state index is 13.0. The number of rotatable bonds is 10. The van der Waals surface area contributed by atoms with Crippen molar-refractivity contribution in [3.8, 4) is 17.0 Å². The lowest BCUT2D eigenvalue weighted by atomic mass is 9.84. The van der Waals surface area contributed by atoms with Gasteiger partial charge in [0.2, 0.25) is 0 Å². The highest BCUT2D eigenvalue weighted by molar-refractivity contribution is 7.91. The van der Waals surface area contributed by atoms with Crippen molar-refractivity contribution in [1.82, 2.24) is 20.1 Å². The van der Waals surface area contributed by atoms with Gasteiger partial charge in [-0.3, -0.25) is 9.48 Å². The van der Waals surface area contributed by atoms with E-state index in [2.05, 4.69) is 20.7 Å². The minimum absolute atomic E-state index is 0.00494. The van der Waals surface area contributed by atoms with E-state index in [9.17, 15) is 31.5 Å². The van der Waals surface area contributed by atoms with E-state index in [0.29, 0.717) is 30.6 Å². The van der Waals surface area contributed by atoms with Crippen molar-refractivity contribution in [2.24, 2.45) is 0 Å². The van der Waals surface area contributed by atoms with Crippen LogP contribution in [-0.4, -0.2) is 76.7 Å². The Morgan fingerprint density at radius 1 is 1.30 bits per heavy atom. The number of amides is 1. The Kier molecular flexibility index (Phi) is 9.36. The molecule has 15 heteroatoms. The average molecular weight is 610 g/mol. The standard InChI is InChI=1S/C25H35ClF3N5O5S/c1-6-34-21(16-12-30-18(11-17(16)39-4)32-23(2,3)13-25(27,28)29)19(26)20(33-34)22(35)31-14-24(36)9-7-15(8-10-24)40(5,37)38/h11-12,15,36H,6-10,13-14H2,1-5H3,(H,30,32)(H,31,35)/t15-,24+. The number of aryl methyl sites for hydroxylation is 1. The molecule has 2 heterocycles. The summed E-state index contributed by atoms with van der Waals surface area (Å²) in [6.07, 6.45) is -1.86. The molecule has 1 amide bonds. The van der Waals surface area contributed by atoms with Gasteiger partial charge in [0, 0.05) is 37.1 Å². The minimum atomic E-state index is -4.37. The fourth-order valence-corrected chi connectivity index (χ4v) is 6.29. The maximum absolute atomic E-state index is 13.0. The smallest absolute Gasteiger partial charge is 0.391 e. The summed E-state index contributed by atoms with van der Waals surface area (Å²) in [6.45, 7) is 4.81. The monoisotopic (exact) mass is 609 g/mol. The summed E-state index contributed by atoms with van der Waals surface area (Å²) in [4.78, 5) is 17.3. The van der Waals surface area contributed by atoms with Gasteiger partial charge in [0.25, 0.3) is 5.91 Å². The first-order valence-corrected chi connectivity index (χ1v) is 15.1. The highest BCUT2D eigenvalue weighted by atomic mass is 35.5. The van der Waals surface area contributed by atoms with E-state index in [1.54, 1.807) is 6.92 Å². The van der Waals surface area contributed by atoms with Gasteiger partial charge < -0.3 is 20.5 Å². The van der Waals surface area contributed by atoms with E-state index in [-0.39, 0.29) is 41.7 Å². The number of aromatic nitrogens is 3. The third-order valence-corrected chi connectivity index (χ3v) is 8.95. The SMILES string of the molecule is CCn1nc(C(=O)NC[C@]2(O)CC[C@@H](S(C)(=O)=O)CC2)c(Cl)c1-c1cnc(NC(C)(C)CC(F)(F)F)cc1OC. The molecule has 1 fully saturated rings. The number of ether oxygens (including phenoxy) is 1. The Morgan fingerprint density at radius 2 is 1.93 bits per heavy atom. The average Bonchev–Trinajstić information content (AvgIpc) is 3.16. The van der Waals surface area contributed by atoms with Crippen LogP contribution in [0.5, 0.6) is 5.75 Å². The van der Waals surface area contributed by atoms with E-state index in [1.165, 1.54) is 44.2 Å². The van der Waals surface area contributed by atoms with Crippen LogP contribution >= 0.6 is 11.6 Å². The summed E-state index contributed by atoms with van der Waals surface area (Å²) in [5.41, 5.74) is -1.98. The van der Waals surface area contributed by atoms with Crippen molar-refractivity contribution in [2.45, 2.75) is 82.0 Å². The van der Waals surface area contributed by atoms with Crippen LogP contribution < -0.4 is 15.4 Å². The zero-order valence-corrected chi connectivity index (χ0v) is 24.6. The molecule has 3 rings (SSSR count). The Bertz CT molecular complexity index is 1340. The third kappa shape index (κ3) is 7.78. The molecule has 0 spiro atoms. The predicted octanol–water partition coefficient (Wildman–Crippen LogP) is 4.22. The fourth-order valence-electron chi connectivity index (χ4n) is 4.88. The number of carbonyl (C=O) groups is 1. The zero-order chi connectivity index (χ0) is 30.1. The van der Waals surface area contributed by atoms with Crippen LogP contribution in [0.3, 0.4) is 0 Å². The van der Waals surface area contributed by atoms with E-state index in [4.69, 9.17) is 16.3 Å². The number of hydrogen-bond donors (Lipinski definition) is 3. The van der Waals surface area contributed by atoms with E-state index < -0.39 is 44.7 Å². The molecular formula is C25H35ClF3N5O5S. The second kappa shape index (κ2) is 11.7. The van der Waals surface area contributed by atoms with Crippen molar-refractivity contribution in [3.05, 3.63) is 23.0 Å². The molecule has 0 radical (unpaired) electrons. The molecule has 2 aromatic heterocycles. The molecule has 0 saturated heterocycles. The fraction of sp³-hybridized carbons (Fsp3) is 0.640. The third-order valence-electron chi connectivity index (χ3n) is 6.91. The molecule has 10 nitrogen and oxygen atoms in total. The highest BCUT2D eigenvalue weighted by Crippen LogP contribution is 2.38. The van der Waals surface area contributed by atoms with Crippen LogP contribution in [0.15, 0.2) is 12.3 Å². The molecule has 0 aromatic carbocycles. The van der Waals surface area contributed by atoms with Gasteiger partial charge in [-0.1, -0.05) is 11.6 Å². The first kappa shape index (κ1) is 31.9. The zero-order valence-electron chi connectivity index (χ0n) is 23.0. The number of hydrogen-bond acceptors (Lipinski definition) is 8. The van der Waals surface area contributed by atoms with Crippen LogP contribution in [0.4, 0.5) is 19.0 Å². The Balaban J connectivity index is 1.81. The normalized spacial score (nSPS) is 20.3. The van der Waals surface area contributed by atoms with E-state index >= 15 is 0 Å². The summed E-state index contributed by atoms with van der Waals surface area (Å²) in [5, 5.41) is 20.1. The number of pyridine rings is 1. The Morgan fingerprint density at radius 3 is 2.45 bits per heavy atom. The number of halogens is 4. The molecule has 0 aliphatic heterocycles. The molecular weight excluding hydrogens is 575 g/mol. The van der Waals surface area contributed by atoms with Gasteiger partial charge in [-0.05, 0) is 46.5 Å². The molecule has 0 unspecified atom stereocenters. The van der Waals surface area contributed by atoms with Gasteiger partial charge in [-0.15, -0.1) is 0 Å². The van der Waals surface area contributed by atoms with Crippen LogP contribution in [0.25, 0.3) is 11.3 Å². The first-order chi connectivity index (χ1) is 18.4. The van der Waals surface area contributed by atoms with E-state index in [0.717, 1.165) is 0 Å².